The Kier molecular flexibility index (Phi) is 5.62. The smallest absolute Gasteiger partial charge is 0.250 e. The fourth-order valence-electron chi connectivity index (χ4n) is 5.14. The average molecular weight is 495 g/mol. The summed E-state index contributed by atoms with van der Waals surface area (Å²) < 4.78 is 3.60. The molecule has 1 N–H and O–H groups in total. The SMILES string of the molecule is CN(c1n[nH]c2c1CC(C)(C)CC2)c1ncnc2nn(Cc3ccc(Cn4ccccc4=O)cc3)cc12. The maximum Gasteiger partial charge on any atom is 0.250 e. The van der Waals surface area contributed by atoms with Crippen LogP contribution in [-0.4, -0.2) is 41.6 Å². The van der Waals surface area contributed by atoms with Gasteiger partial charge in [-0.1, -0.05) is 44.2 Å². The first-order chi connectivity index (χ1) is 17.9. The van der Waals surface area contributed by atoms with E-state index in [1.165, 1.54) is 11.3 Å². The molecule has 0 unspecified atom stereocenters. The molecule has 0 radical (unpaired) electrons. The topological polar surface area (TPSA) is 97.5 Å². The molecule has 4 aromatic heterocycles. The van der Waals surface area contributed by atoms with Gasteiger partial charge < -0.3 is 9.47 Å². The van der Waals surface area contributed by atoms with Gasteiger partial charge in [-0.05, 0) is 41.9 Å². The number of pyridine rings is 1. The molecule has 0 aliphatic heterocycles. The third-order valence-electron chi connectivity index (χ3n) is 7.24. The molecule has 0 bridgehead atoms. The van der Waals surface area contributed by atoms with Gasteiger partial charge in [0, 0.05) is 36.8 Å². The molecule has 37 heavy (non-hydrogen) atoms. The third-order valence-corrected chi connectivity index (χ3v) is 7.24. The Balaban J connectivity index is 1.24. The molecule has 9 heteroatoms. The molecule has 0 fully saturated rings. The van der Waals surface area contributed by atoms with Crippen molar-refractivity contribution in [3.05, 3.63) is 93.9 Å². The van der Waals surface area contributed by atoms with Crippen molar-refractivity contribution in [2.45, 2.75) is 46.2 Å². The van der Waals surface area contributed by atoms with Crippen LogP contribution in [-0.2, 0) is 25.9 Å². The zero-order valence-corrected chi connectivity index (χ0v) is 21.3. The highest BCUT2D eigenvalue weighted by Gasteiger charge is 2.31. The van der Waals surface area contributed by atoms with Gasteiger partial charge in [-0.2, -0.15) is 10.2 Å². The Bertz CT molecular complexity index is 1630. The van der Waals surface area contributed by atoms with Crippen LogP contribution in [0.15, 0.2) is 66.0 Å². The summed E-state index contributed by atoms with van der Waals surface area (Å²) in [7, 11) is 2.01. The van der Waals surface area contributed by atoms with Crippen LogP contribution >= 0.6 is 0 Å². The van der Waals surface area contributed by atoms with Crippen molar-refractivity contribution in [2.75, 3.05) is 11.9 Å². The van der Waals surface area contributed by atoms with Gasteiger partial charge in [0.1, 0.15) is 12.1 Å². The van der Waals surface area contributed by atoms with Gasteiger partial charge in [-0.15, -0.1) is 0 Å². The highest BCUT2D eigenvalue weighted by Crippen LogP contribution is 2.39. The predicted molar refractivity (Wildman–Crippen MR) is 143 cm³/mol. The number of rotatable bonds is 6. The van der Waals surface area contributed by atoms with E-state index in [1.807, 2.05) is 28.9 Å². The monoisotopic (exact) mass is 494 g/mol. The lowest BCUT2D eigenvalue weighted by atomic mass is 9.76. The van der Waals surface area contributed by atoms with Crippen molar-refractivity contribution in [1.82, 2.24) is 34.5 Å². The average Bonchev–Trinajstić information content (AvgIpc) is 3.48. The number of H-pyrrole nitrogens is 1. The lowest BCUT2D eigenvalue weighted by Crippen LogP contribution is -2.23. The van der Waals surface area contributed by atoms with Crippen molar-refractivity contribution >= 4 is 22.7 Å². The molecule has 6 rings (SSSR count). The van der Waals surface area contributed by atoms with Crippen molar-refractivity contribution < 1.29 is 0 Å². The van der Waals surface area contributed by atoms with Crippen LogP contribution in [0.1, 0.15) is 42.7 Å². The molecule has 9 nitrogen and oxygen atoms in total. The van der Waals surface area contributed by atoms with Gasteiger partial charge in [-0.3, -0.25) is 14.6 Å². The summed E-state index contributed by atoms with van der Waals surface area (Å²) in [6.07, 6.45) is 8.53. The van der Waals surface area contributed by atoms with Gasteiger partial charge in [0.2, 0.25) is 0 Å². The third kappa shape index (κ3) is 4.52. The van der Waals surface area contributed by atoms with E-state index < -0.39 is 0 Å². The van der Waals surface area contributed by atoms with E-state index in [0.717, 1.165) is 47.4 Å². The number of nitrogens with zero attached hydrogens (tertiary/aromatic N) is 7. The molecule has 0 saturated heterocycles. The Hall–Kier alpha value is -4.27. The molecule has 1 aliphatic carbocycles. The van der Waals surface area contributed by atoms with Crippen LogP contribution in [0.2, 0.25) is 0 Å². The lowest BCUT2D eigenvalue weighted by molar-refractivity contribution is 0.314. The Labute approximate surface area is 214 Å². The summed E-state index contributed by atoms with van der Waals surface area (Å²) in [6.45, 7) is 5.78. The van der Waals surface area contributed by atoms with E-state index >= 15 is 0 Å². The quantitative estimate of drug-likeness (QED) is 0.382. The molecule has 5 aromatic rings. The lowest BCUT2D eigenvalue weighted by Gasteiger charge is -2.30. The Morgan fingerprint density at radius 2 is 1.81 bits per heavy atom. The van der Waals surface area contributed by atoms with Crippen molar-refractivity contribution in [2.24, 2.45) is 5.41 Å². The number of aromatic nitrogens is 7. The summed E-state index contributed by atoms with van der Waals surface area (Å²) >= 11 is 0. The molecule has 1 aromatic carbocycles. The molecule has 0 saturated carbocycles. The van der Waals surface area contributed by atoms with Gasteiger partial charge >= 0.3 is 0 Å². The van der Waals surface area contributed by atoms with Crippen LogP contribution in [0.5, 0.6) is 0 Å². The maximum absolute atomic E-state index is 12.0. The van der Waals surface area contributed by atoms with Crippen LogP contribution in [0.3, 0.4) is 0 Å². The van der Waals surface area contributed by atoms with E-state index in [2.05, 4.69) is 58.3 Å². The van der Waals surface area contributed by atoms with Crippen molar-refractivity contribution in [1.29, 1.82) is 0 Å². The normalized spacial score (nSPS) is 14.6. The van der Waals surface area contributed by atoms with Crippen molar-refractivity contribution in [3.8, 4) is 0 Å². The number of hydrogen-bond donors (Lipinski definition) is 1. The van der Waals surface area contributed by atoms with E-state index in [1.54, 1.807) is 29.2 Å². The number of aromatic amines is 1. The van der Waals surface area contributed by atoms with Gasteiger partial charge in [0.05, 0.1) is 18.5 Å². The number of benzene rings is 1. The second-order valence-electron chi connectivity index (χ2n) is 10.6. The molecule has 0 atom stereocenters. The number of nitrogens with one attached hydrogen (secondary N) is 1. The first-order valence-corrected chi connectivity index (χ1v) is 12.6. The van der Waals surface area contributed by atoms with Crippen LogP contribution in [0.4, 0.5) is 11.6 Å². The van der Waals surface area contributed by atoms with Gasteiger partial charge in [-0.25, -0.2) is 9.97 Å². The van der Waals surface area contributed by atoms with Crippen LogP contribution < -0.4 is 10.5 Å². The molecule has 0 amide bonds. The predicted octanol–water partition coefficient (Wildman–Crippen LogP) is 4.09. The van der Waals surface area contributed by atoms with E-state index in [4.69, 9.17) is 5.10 Å². The van der Waals surface area contributed by atoms with E-state index in [-0.39, 0.29) is 11.0 Å². The number of hydrogen-bond acceptors (Lipinski definition) is 6. The van der Waals surface area contributed by atoms with Gasteiger partial charge in [0.15, 0.2) is 11.5 Å². The number of fused-ring (bicyclic) bond motifs is 2. The van der Waals surface area contributed by atoms with Crippen LogP contribution in [0.25, 0.3) is 11.0 Å². The fourth-order valence-corrected chi connectivity index (χ4v) is 5.14. The van der Waals surface area contributed by atoms with E-state index in [0.29, 0.717) is 18.7 Å². The minimum Gasteiger partial charge on any atom is -0.312 e. The van der Waals surface area contributed by atoms with Gasteiger partial charge in [0.25, 0.3) is 5.56 Å². The van der Waals surface area contributed by atoms with E-state index in [9.17, 15) is 4.79 Å². The molecule has 0 spiro atoms. The Morgan fingerprint density at radius 3 is 2.59 bits per heavy atom. The first kappa shape index (κ1) is 23.1. The Morgan fingerprint density at radius 1 is 1.03 bits per heavy atom. The molecule has 4 heterocycles. The highest BCUT2D eigenvalue weighted by molar-refractivity contribution is 5.88. The second-order valence-corrected chi connectivity index (χ2v) is 10.6. The molecular weight excluding hydrogens is 464 g/mol. The number of aryl methyl sites for hydroxylation is 1. The molecular formula is C28H30N8O. The summed E-state index contributed by atoms with van der Waals surface area (Å²) in [5.41, 5.74) is 5.59. The minimum atomic E-state index is -0.00393. The molecule has 1 aliphatic rings. The first-order valence-electron chi connectivity index (χ1n) is 12.6. The zero-order chi connectivity index (χ0) is 25.6. The fraction of sp³-hybridized carbons (Fsp3) is 0.321. The summed E-state index contributed by atoms with van der Waals surface area (Å²) in [5, 5.41) is 13.5. The largest absolute Gasteiger partial charge is 0.312 e. The molecule has 188 valence electrons. The summed E-state index contributed by atoms with van der Waals surface area (Å²) in [5.74, 6) is 1.71. The van der Waals surface area contributed by atoms with Crippen molar-refractivity contribution in [3.63, 3.8) is 0 Å². The minimum absolute atomic E-state index is 0.00393. The van der Waals surface area contributed by atoms with Crippen LogP contribution in [0, 0.1) is 5.41 Å². The maximum atomic E-state index is 12.0. The highest BCUT2D eigenvalue weighted by atomic mass is 16.1. The number of anilines is 2. The summed E-state index contributed by atoms with van der Waals surface area (Å²) in [4.78, 5) is 23.1. The zero-order valence-electron chi connectivity index (χ0n) is 21.3. The second kappa shape index (κ2) is 8.99. The standard InChI is InChI=1S/C28H30N8O/c1-28(2)12-11-23-21(14-28)27(32-31-23)34(3)26-22-17-36(33-25(22)29-18-30-26)16-20-9-7-19(8-10-20)15-35-13-5-4-6-24(35)37/h4-10,13,17-18H,11-12,14-16H2,1-3H3,(H,31,32). The summed E-state index contributed by atoms with van der Waals surface area (Å²) in [6, 6.07) is 13.5.